The third-order valence-corrected chi connectivity index (χ3v) is 4.58. The van der Waals surface area contributed by atoms with Crippen LogP contribution in [0.5, 0.6) is 11.5 Å². The van der Waals surface area contributed by atoms with Gasteiger partial charge in [0.2, 0.25) is 5.91 Å². The molecule has 0 radical (unpaired) electrons. The number of hydrogen-bond donors (Lipinski definition) is 3. The Balaban J connectivity index is 1.90. The van der Waals surface area contributed by atoms with Crippen LogP contribution in [0.4, 0.5) is 0 Å². The van der Waals surface area contributed by atoms with Crippen LogP contribution in [-0.2, 0) is 22.6 Å². The van der Waals surface area contributed by atoms with Gasteiger partial charge in [-0.15, -0.1) is 0 Å². The summed E-state index contributed by atoms with van der Waals surface area (Å²) in [5.74, 6) is 2.02. The van der Waals surface area contributed by atoms with Crippen molar-refractivity contribution in [1.29, 1.82) is 0 Å². The number of amides is 1. The minimum absolute atomic E-state index is 0.118. The Morgan fingerprint density at radius 3 is 2.47 bits per heavy atom. The second-order valence-electron chi connectivity index (χ2n) is 7.13. The summed E-state index contributed by atoms with van der Waals surface area (Å²) in [6, 6.07) is 13.6. The van der Waals surface area contributed by atoms with E-state index in [1.54, 1.807) is 14.2 Å². The van der Waals surface area contributed by atoms with Gasteiger partial charge in [0.25, 0.3) is 0 Å². The first-order valence-corrected chi connectivity index (χ1v) is 10.7. The van der Waals surface area contributed by atoms with Gasteiger partial charge in [0.05, 0.1) is 26.8 Å². The average molecular weight is 443 g/mol. The van der Waals surface area contributed by atoms with Crippen molar-refractivity contribution in [3.05, 3.63) is 59.2 Å². The molecule has 0 spiro atoms. The van der Waals surface area contributed by atoms with Crippen LogP contribution in [0, 0.1) is 6.92 Å². The van der Waals surface area contributed by atoms with E-state index in [1.807, 2.05) is 56.3 Å². The molecule has 0 aromatic heterocycles. The third kappa shape index (κ3) is 8.85. The molecule has 0 aliphatic carbocycles. The number of carbonyl (C=O) groups is 1. The number of guanidine groups is 1. The van der Waals surface area contributed by atoms with Gasteiger partial charge in [-0.3, -0.25) is 4.79 Å². The second-order valence-corrected chi connectivity index (χ2v) is 7.13. The van der Waals surface area contributed by atoms with Gasteiger partial charge in [0.1, 0.15) is 18.1 Å². The number of rotatable bonds is 12. The summed E-state index contributed by atoms with van der Waals surface area (Å²) >= 11 is 0. The largest absolute Gasteiger partial charge is 0.497 e. The molecule has 1 amide bonds. The molecular weight excluding hydrogens is 408 g/mol. The molecule has 0 saturated carbocycles. The number of methoxy groups -OCH3 is 2. The van der Waals surface area contributed by atoms with E-state index in [2.05, 4.69) is 20.9 Å². The van der Waals surface area contributed by atoms with E-state index in [9.17, 15) is 4.79 Å². The van der Waals surface area contributed by atoms with Crippen LogP contribution in [0.3, 0.4) is 0 Å². The zero-order chi connectivity index (χ0) is 23.2. The molecule has 2 aromatic carbocycles. The first-order chi connectivity index (χ1) is 15.5. The van der Waals surface area contributed by atoms with Crippen LogP contribution in [0.2, 0.25) is 0 Å². The summed E-state index contributed by atoms with van der Waals surface area (Å²) in [7, 11) is 3.27. The van der Waals surface area contributed by atoms with Crippen LogP contribution in [-0.4, -0.2) is 52.4 Å². The molecule has 8 nitrogen and oxygen atoms in total. The molecule has 174 valence electrons. The lowest BCUT2D eigenvalue weighted by atomic mass is 10.1. The molecule has 0 atom stereocenters. The standard InChI is InChI=1S/C24H34N4O4/c1-5-25-24(27-16-20-9-6-18(2)14-22(20)32-13-12-30-3)28-17-23(29)26-15-19-7-10-21(31-4)11-8-19/h6-11,14H,5,12-13,15-17H2,1-4H3,(H,26,29)(H2,25,27,28). The number of benzene rings is 2. The van der Waals surface area contributed by atoms with Crippen LogP contribution in [0.15, 0.2) is 47.5 Å². The fourth-order valence-corrected chi connectivity index (χ4v) is 2.84. The summed E-state index contributed by atoms with van der Waals surface area (Å²) in [5, 5.41) is 9.13. The Bertz CT molecular complexity index is 869. The number of carbonyl (C=O) groups excluding carboxylic acids is 1. The van der Waals surface area contributed by atoms with E-state index < -0.39 is 0 Å². The van der Waals surface area contributed by atoms with Crippen molar-refractivity contribution in [2.75, 3.05) is 40.5 Å². The fraction of sp³-hybridized carbons (Fsp3) is 0.417. The van der Waals surface area contributed by atoms with Gasteiger partial charge in [-0.2, -0.15) is 0 Å². The molecule has 0 aliphatic heterocycles. The average Bonchev–Trinajstić information content (AvgIpc) is 2.81. The van der Waals surface area contributed by atoms with Crippen LogP contribution in [0.25, 0.3) is 0 Å². The fourth-order valence-electron chi connectivity index (χ4n) is 2.84. The zero-order valence-corrected chi connectivity index (χ0v) is 19.4. The van der Waals surface area contributed by atoms with Crippen molar-refractivity contribution < 1.29 is 19.0 Å². The van der Waals surface area contributed by atoms with Crippen molar-refractivity contribution >= 4 is 11.9 Å². The maximum absolute atomic E-state index is 12.2. The number of hydrogen-bond acceptors (Lipinski definition) is 5. The number of aliphatic imine (C=N–C) groups is 1. The van der Waals surface area contributed by atoms with Crippen molar-refractivity contribution in [3.63, 3.8) is 0 Å². The summed E-state index contributed by atoms with van der Waals surface area (Å²) in [6.45, 7) is 6.67. The molecule has 0 saturated heterocycles. The predicted molar refractivity (Wildman–Crippen MR) is 126 cm³/mol. The summed E-state index contributed by atoms with van der Waals surface area (Å²) in [6.07, 6.45) is 0. The normalized spacial score (nSPS) is 11.1. The van der Waals surface area contributed by atoms with Crippen LogP contribution in [0.1, 0.15) is 23.6 Å². The van der Waals surface area contributed by atoms with E-state index in [4.69, 9.17) is 14.2 Å². The van der Waals surface area contributed by atoms with Gasteiger partial charge >= 0.3 is 0 Å². The molecule has 0 bridgehead atoms. The smallest absolute Gasteiger partial charge is 0.239 e. The SMILES string of the molecule is CCNC(=NCc1ccc(C)cc1OCCOC)NCC(=O)NCc1ccc(OC)cc1. The zero-order valence-electron chi connectivity index (χ0n) is 19.4. The van der Waals surface area contributed by atoms with E-state index in [0.29, 0.717) is 38.8 Å². The lowest BCUT2D eigenvalue weighted by molar-refractivity contribution is -0.120. The van der Waals surface area contributed by atoms with Gasteiger partial charge in [-0.25, -0.2) is 4.99 Å². The topological polar surface area (TPSA) is 93.2 Å². The molecule has 0 aliphatic rings. The highest BCUT2D eigenvalue weighted by atomic mass is 16.5. The van der Waals surface area contributed by atoms with Gasteiger partial charge in [0.15, 0.2) is 5.96 Å². The number of ether oxygens (including phenoxy) is 3. The predicted octanol–water partition coefficient (Wildman–Crippen LogP) is 2.40. The van der Waals surface area contributed by atoms with Gasteiger partial charge < -0.3 is 30.2 Å². The second kappa shape index (κ2) is 13.9. The first-order valence-electron chi connectivity index (χ1n) is 10.7. The molecular formula is C24H34N4O4. The quantitative estimate of drug-likeness (QED) is 0.266. The molecule has 2 aromatic rings. The number of nitrogens with one attached hydrogen (secondary N) is 3. The molecule has 8 heteroatoms. The maximum Gasteiger partial charge on any atom is 0.239 e. The highest BCUT2D eigenvalue weighted by Crippen LogP contribution is 2.21. The minimum atomic E-state index is -0.120. The Hall–Kier alpha value is -3.26. The summed E-state index contributed by atoms with van der Waals surface area (Å²) in [5.41, 5.74) is 3.08. The Kier molecular flexibility index (Phi) is 10.9. The molecule has 3 N–H and O–H groups in total. The lowest BCUT2D eigenvalue weighted by Crippen LogP contribution is -2.43. The van der Waals surface area contributed by atoms with E-state index >= 15 is 0 Å². The van der Waals surface area contributed by atoms with Gasteiger partial charge in [0, 0.05) is 25.8 Å². The molecule has 32 heavy (non-hydrogen) atoms. The lowest BCUT2D eigenvalue weighted by Gasteiger charge is -2.14. The van der Waals surface area contributed by atoms with E-state index in [-0.39, 0.29) is 12.5 Å². The van der Waals surface area contributed by atoms with E-state index in [0.717, 1.165) is 28.2 Å². The summed E-state index contributed by atoms with van der Waals surface area (Å²) < 4.78 is 16.0. The van der Waals surface area contributed by atoms with Crippen molar-refractivity contribution in [3.8, 4) is 11.5 Å². The maximum atomic E-state index is 12.2. The highest BCUT2D eigenvalue weighted by molar-refractivity contribution is 5.86. The molecule has 0 heterocycles. The molecule has 2 rings (SSSR count). The highest BCUT2D eigenvalue weighted by Gasteiger charge is 2.07. The summed E-state index contributed by atoms with van der Waals surface area (Å²) in [4.78, 5) is 16.8. The molecule has 0 fully saturated rings. The van der Waals surface area contributed by atoms with Crippen LogP contribution < -0.4 is 25.4 Å². The molecule has 0 unspecified atom stereocenters. The Labute approximate surface area is 190 Å². The first kappa shape index (κ1) is 25.0. The Morgan fingerprint density at radius 2 is 1.78 bits per heavy atom. The van der Waals surface area contributed by atoms with Gasteiger partial charge in [-0.1, -0.05) is 24.3 Å². The van der Waals surface area contributed by atoms with Crippen molar-refractivity contribution in [2.24, 2.45) is 4.99 Å². The van der Waals surface area contributed by atoms with E-state index in [1.165, 1.54) is 0 Å². The number of nitrogens with zero attached hydrogens (tertiary/aromatic N) is 1. The van der Waals surface area contributed by atoms with Gasteiger partial charge in [-0.05, 0) is 43.2 Å². The van der Waals surface area contributed by atoms with Crippen molar-refractivity contribution in [1.82, 2.24) is 16.0 Å². The Morgan fingerprint density at radius 1 is 1.00 bits per heavy atom. The van der Waals surface area contributed by atoms with Crippen molar-refractivity contribution in [2.45, 2.75) is 26.9 Å². The minimum Gasteiger partial charge on any atom is -0.497 e. The van der Waals surface area contributed by atoms with Crippen LogP contribution >= 0.6 is 0 Å². The monoisotopic (exact) mass is 442 g/mol. The third-order valence-electron chi connectivity index (χ3n) is 4.58. The number of aryl methyl sites for hydroxylation is 1.